The minimum absolute atomic E-state index is 0.707. The molecule has 2 heterocycles. The van der Waals surface area contributed by atoms with Crippen LogP contribution in [0.5, 0.6) is 0 Å². The first-order valence-electron chi connectivity index (χ1n) is 12.5. The zero-order valence-corrected chi connectivity index (χ0v) is 20.9. The summed E-state index contributed by atoms with van der Waals surface area (Å²) in [5.74, 6) is 3.40. The highest BCUT2D eigenvalue weighted by Crippen LogP contribution is 2.27. The Hall–Kier alpha value is -4.08. The molecule has 0 aliphatic rings. The molecule has 0 saturated heterocycles. The largest absolute Gasteiger partial charge is 0.385 e. The van der Waals surface area contributed by atoms with Crippen LogP contribution in [0.1, 0.15) is 42.4 Å². The van der Waals surface area contributed by atoms with Gasteiger partial charge < -0.3 is 16.4 Å². The molecule has 4 rings (SSSR count). The summed E-state index contributed by atoms with van der Waals surface area (Å²) in [6, 6.07) is 14.7. The fraction of sp³-hybridized carbons (Fsp3) is 0.267. The van der Waals surface area contributed by atoms with Gasteiger partial charge in [-0.1, -0.05) is 43.3 Å². The van der Waals surface area contributed by atoms with Gasteiger partial charge in [-0.25, -0.2) is 9.97 Å². The first-order chi connectivity index (χ1) is 17.6. The Labute approximate surface area is 213 Å². The van der Waals surface area contributed by atoms with Crippen molar-refractivity contribution in [2.24, 2.45) is 5.73 Å². The Balaban J connectivity index is 1.48. The van der Waals surface area contributed by atoms with Crippen LogP contribution in [-0.2, 0) is 6.42 Å². The van der Waals surface area contributed by atoms with Gasteiger partial charge in [0.2, 0.25) is 0 Å². The summed E-state index contributed by atoms with van der Waals surface area (Å²) in [4.78, 5) is 9.22. The topological polar surface area (TPSA) is 80.3 Å². The monoisotopic (exact) mass is 478 g/mol. The van der Waals surface area contributed by atoms with E-state index in [2.05, 4.69) is 80.8 Å². The molecule has 0 saturated carbocycles. The molecule has 2 aromatic heterocycles. The van der Waals surface area contributed by atoms with Gasteiger partial charge in [-0.2, -0.15) is 0 Å². The van der Waals surface area contributed by atoms with Crippen molar-refractivity contribution >= 4 is 22.8 Å². The van der Waals surface area contributed by atoms with Crippen LogP contribution in [0.25, 0.3) is 22.6 Å². The van der Waals surface area contributed by atoms with Crippen molar-refractivity contribution in [3.63, 3.8) is 0 Å². The van der Waals surface area contributed by atoms with Gasteiger partial charge in [0.1, 0.15) is 0 Å². The molecule has 184 valence electrons. The first-order valence-corrected chi connectivity index (χ1v) is 12.5. The van der Waals surface area contributed by atoms with Gasteiger partial charge in [0, 0.05) is 47.9 Å². The molecule has 6 nitrogen and oxygen atoms in total. The van der Waals surface area contributed by atoms with Gasteiger partial charge in [-0.15, -0.1) is 12.3 Å². The van der Waals surface area contributed by atoms with E-state index in [1.165, 1.54) is 5.56 Å². The molecule has 0 aliphatic carbocycles. The van der Waals surface area contributed by atoms with E-state index in [4.69, 9.17) is 12.2 Å². The molecule has 0 atom stereocenters. The second kappa shape index (κ2) is 12.1. The number of anilines is 2. The highest BCUT2D eigenvalue weighted by molar-refractivity contribution is 5.75. The summed E-state index contributed by atoms with van der Waals surface area (Å²) in [7, 11) is 0. The van der Waals surface area contributed by atoms with Crippen LogP contribution in [0.3, 0.4) is 0 Å². The van der Waals surface area contributed by atoms with Gasteiger partial charge >= 0.3 is 0 Å². The van der Waals surface area contributed by atoms with Crippen molar-refractivity contribution in [1.82, 2.24) is 19.7 Å². The molecule has 0 bridgehead atoms. The zero-order valence-electron chi connectivity index (χ0n) is 20.9. The molecule has 0 amide bonds. The van der Waals surface area contributed by atoms with E-state index in [0.29, 0.717) is 5.82 Å². The van der Waals surface area contributed by atoms with E-state index >= 15 is 0 Å². The molecule has 4 N–H and O–H groups in total. The van der Waals surface area contributed by atoms with E-state index in [1.807, 2.05) is 18.5 Å². The number of aryl methyl sites for hydroxylation is 2. The lowest BCUT2D eigenvalue weighted by molar-refractivity contribution is 0.666. The number of rotatable bonds is 12. The van der Waals surface area contributed by atoms with E-state index in [1.54, 1.807) is 6.20 Å². The number of hydrogen-bond acceptors (Lipinski definition) is 5. The second-order valence-corrected chi connectivity index (χ2v) is 8.92. The maximum Gasteiger partial charge on any atom is 0.180 e. The van der Waals surface area contributed by atoms with Gasteiger partial charge in [0.15, 0.2) is 11.5 Å². The molecule has 0 radical (unpaired) electrons. The normalized spacial score (nSPS) is 10.8. The van der Waals surface area contributed by atoms with Crippen molar-refractivity contribution in [2.45, 2.75) is 39.0 Å². The van der Waals surface area contributed by atoms with Crippen molar-refractivity contribution in [3.8, 4) is 23.6 Å². The maximum absolute atomic E-state index is 5.57. The molecule has 36 heavy (non-hydrogen) atoms. The van der Waals surface area contributed by atoms with Gasteiger partial charge in [-0.3, -0.25) is 4.40 Å². The zero-order chi connectivity index (χ0) is 25.3. The van der Waals surface area contributed by atoms with E-state index < -0.39 is 0 Å². The highest BCUT2D eigenvalue weighted by atomic mass is 15.1. The van der Waals surface area contributed by atoms with Crippen LogP contribution in [0.4, 0.5) is 11.5 Å². The van der Waals surface area contributed by atoms with Gasteiger partial charge in [-0.05, 0) is 56.0 Å². The van der Waals surface area contributed by atoms with Crippen molar-refractivity contribution in [3.05, 3.63) is 84.3 Å². The number of nitrogens with one attached hydrogen (secondary N) is 2. The number of imidazole rings is 1. The molecule has 0 fully saturated rings. The number of benzene rings is 2. The molecular weight excluding hydrogens is 444 g/mol. The first kappa shape index (κ1) is 25.0. The van der Waals surface area contributed by atoms with Crippen LogP contribution in [0.2, 0.25) is 0 Å². The molecule has 4 aromatic rings. The molecule has 6 heteroatoms. The SMILES string of the molecule is C#CCCc1ccc(-c2cnc3c(Nc4ccc(C(=C)NCCCCCN)c(C)c4)nccn23)cc1. The quantitative estimate of drug-likeness (QED) is 0.180. The smallest absolute Gasteiger partial charge is 0.180 e. The summed E-state index contributed by atoms with van der Waals surface area (Å²) in [5.41, 5.74) is 13.8. The van der Waals surface area contributed by atoms with E-state index in [0.717, 1.165) is 84.6 Å². The predicted molar refractivity (Wildman–Crippen MR) is 150 cm³/mol. The Morgan fingerprint density at radius 2 is 1.94 bits per heavy atom. The fourth-order valence-corrected chi connectivity index (χ4v) is 4.28. The Bertz CT molecular complexity index is 1360. The van der Waals surface area contributed by atoms with Gasteiger partial charge in [0.05, 0.1) is 11.9 Å². The van der Waals surface area contributed by atoms with Crippen LogP contribution in [-0.4, -0.2) is 27.5 Å². The molecule has 0 spiro atoms. The van der Waals surface area contributed by atoms with Crippen molar-refractivity contribution in [1.29, 1.82) is 0 Å². The highest BCUT2D eigenvalue weighted by Gasteiger charge is 2.12. The maximum atomic E-state index is 5.57. The third kappa shape index (κ3) is 5.94. The lowest BCUT2D eigenvalue weighted by Gasteiger charge is -2.14. The third-order valence-electron chi connectivity index (χ3n) is 6.27. The standard InChI is InChI=1S/C30H34N6/c1-4-5-9-24-10-12-25(13-11-24)28-21-34-30-29(33-18-19-36(28)30)35-26-14-15-27(22(2)20-26)23(3)32-17-8-6-7-16-31/h1,10-15,18-21,32H,3,5-9,16-17,31H2,2H3,(H,33,35). The summed E-state index contributed by atoms with van der Waals surface area (Å²) < 4.78 is 2.06. The van der Waals surface area contributed by atoms with Crippen LogP contribution < -0.4 is 16.4 Å². The minimum Gasteiger partial charge on any atom is -0.385 e. The number of aromatic nitrogens is 3. The molecule has 0 unspecified atom stereocenters. The average Bonchev–Trinajstić information content (AvgIpc) is 3.33. The lowest BCUT2D eigenvalue weighted by atomic mass is 10.1. The number of fused-ring (bicyclic) bond motifs is 1. The fourth-order valence-electron chi connectivity index (χ4n) is 4.28. The molecular formula is C30H34N6. The minimum atomic E-state index is 0.707. The summed E-state index contributed by atoms with van der Waals surface area (Å²) in [6.45, 7) is 7.96. The lowest BCUT2D eigenvalue weighted by Crippen LogP contribution is -2.14. The van der Waals surface area contributed by atoms with Gasteiger partial charge in [0.25, 0.3) is 0 Å². The van der Waals surface area contributed by atoms with E-state index in [-0.39, 0.29) is 0 Å². The summed E-state index contributed by atoms with van der Waals surface area (Å²) in [6.07, 6.45) is 15.9. The molecule has 0 aliphatic heterocycles. The Morgan fingerprint density at radius 1 is 1.11 bits per heavy atom. The van der Waals surface area contributed by atoms with Crippen LogP contribution in [0, 0.1) is 19.3 Å². The summed E-state index contributed by atoms with van der Waals surface area (Å²) in [5, 5.41) is 6.88. The number of nitrogens with zero attached hydrogens (tertiary/aromatic N) is 3. The number of unbranched alkanes of at least 4 members (excludes halogenated alkanes) is 2. The van der Waals surface area contributed by atoms with Crippen molar-refractivity contribution in [2.75, 3.05) is 18.4 Å². The number of nitrogens with two attached hydrogens (primary N) is 1. The second-order valence-electron chi connectivity index (χ2n) is 8.92. The number of terminal acetylenes is 1. The van der Waals surface area contributed by atoms with Crippen molar-refractivity contribution < 1.29 is 0 Å². The molecule has 2 aromatic carbocycles. The average molecular weight is 479 g/mol. The number of hydrogen-bond donors (Lipinski definition) is 3. The van der Waals surface area contributed by atoms with Crippen LogP contribution in [0.15, 0.2) is 67.6 Å². The Morgan fingerprint density at radius 3 is 2.69 bits per heavy atom. The summed E-state index contributed by atoms with van der Waals surface area (Å²) >= 11 is 0. The Kier molecular flexibility index (Phi) is 8.38. The third-order valence-corrected chi connectivity index (χ3v) is 6.27. The predicted octanol–water partition coefficient (Wildman–Crippen LogP) is 5.70. The van der Waals surface area contributed by atoms with E-state index in [9.17, 15) is 0 Å². The van der Waals surface area contributed by atoms with Crippen LogP contribution >= 0.6 is 0 Å².